The number of nitrogens with two attached hydrogens (primary N) is 1. The van der Waals surface area contributed by atoms with Gasteiger partial charge in [0.2, 0.25) is 0 Å². The van der Waals surface area contributed by atoms with Crippen molar-refractivity contribution < 1.29 is 4.79 Å². The van der Waals surface area contributed by atoms with Crippen LogP contribution in [0.3, 0.4) is 0 Å². The molecular weight excluding hydrogens is 328 g/mol. The summed E-state index contributed by atoms with van der Waals surface area (Å²) in [5.74, 6) is -0.318. The number of aliphatic imine (C=N–C) groups is 1. The monoisotopic (exact) mass is 346 g/mol. The van der Waals surface area contributed by atoms with Crippen molar-refractivity contribution in [3.05, 3.63) is 66.9 Å². The maximum Gasteiger partial charge on any atom is 0.276 e. The molecule has 0 atom stereocenters. The average molecular weight is 346 g/mol. The third-order valence-corrected chi connectivity index (χ3v) is 3.64. The number of hydrogen-bond donors (Lipinski definition) is 3. The number of pyridine rings is 1. The number of carbonyl (C=O) groups is 1. The standard InChI is InChI=1S/C19H18N6O/c1-3-6-21-9-12(2)23-19(26)18-16-8-13(4-5-17(16)24-25-18)14-7-15(20)11-22-10-14/h3-11H,1,20H2,2H3,(H,23,26)(H,24,25)/b12-9+,21-6?. The Morgan fingerprint density at radius 2 is 2.15 bits per heavy atom. The fraction of sp³-hybridized carbons (Fsp3) is 0.0526. The Morgan fingerprint density at radius 3 is 2.92 bits per heavy atom. The highest BCUT2D eigenvalue weighted by molar-refractivity contribution is 6.06. The Balaban J connectivity index is 1.93. The first kappa shape index (κ1) is 17.1. The molecule has 0 spiro atoms. The molecule has 0 aliphatic carbocycles. The van der Waals surface area contributed by atoms with Gasteiger partial charge in [-0.05, 0) is 30.7 Å². The Morgan fingerprint density at radius 1 is 1.31 bits per heavy atom. The van der Waals surface area contributed by atoms with Gasteiger partial charge < -0.3 is 11.1 Å². The van der Waals surface area contributed by atoms with E-state index in [0.29, 0.717) is 22.5 Å². The molecule has 0 saturated carbocycles. The predicted octanol–water partition coefficient (Wildman–Crippen LogP) is 3.06. The van der Waals surface area contributed by atoms with Crippen molar-refractivity contribution in [2.24, 2.45) is 4.99 Å². The first-order valence-corrected chi connectivity index (χ1v) is 7.90. The predicted molar refractivity (Wildman–Crippen MR) is 104 cm³/mol. The number of nitrogens with zero attached hydrogens (tertiary/aromatic N) is 3. The second-order valence-corrected chi connectivity index (χ2v) is 5.64. The Kier molecular flexibility index (Phi) is 4.89. The fourth-order valence-electron chi connectivity index (χ4n) is 2.47. The highest BCUT2D eigenvalue weighted by atomic mass is 16.1. The van der Waals surface area contributed by atoms with Crippen molar-refractivity contribution in [3.8, 4) is 11.1 Å². The van der Waals surface area contributed by atoms with Gasteiger partial charge in [0.15, 0.2) is 5.69 Å². The number of carbonyl (C=O) groups excluding carboxylic acids is 1. The molecule has 0 aliphatic heterocycles. The van der Waals surface area contributed by atoms with Crippen LogP contribution in [0, 0.1) is 0 Å². The minimum Gasteiger partial charge on any atom is -0.397 e. The van der Waals surface area contributed by atoms with E-state index in [1.54, 1.807) is 25.4 Å². The van der Waals surface area contributed by atoms with E-state index >= 15 is 0 Å². The molecule has 4 N–H and O–H groups in total. The third kappa shape index (κ3) is 3.67. The number of benzene rings is 1. The van der Waals surface area contributed by atoms with Crippen LogP contribution in [0.25, 0.3) is 22.0 Å². The summed E-state index contributed by atoms with van der Waals surface area (Å²) in [5.41, 5.74) is 9.82. The van der Waals surface area contributed by atoms with E-state index in [1.807, 2.05) is 24.3 Å². The summed E-state index contributed by atoms with van der Waals surface area (Å²) in [4.78, 5) is 20.6. The number of rotatable bonds is 5. The van der Waals surface area contributed by atoms with Crippen molar-refractivity contribution in [1.82, 2.24) is 20.5 Å². The largest absolute Gasteiger partial charge is 0.397 e. The van der Waals surface area contributed by atoms with E-state index in [4.69, 9.17) is 5.73 Å². The van der Waals surface area contributed by atoms with E-state index in [0.717, 1.165) is 16.6 Å². The molecule has 1 amide bonds. The van der Waals surface area contributed by atoms with Crippen molar-refractivity contribution >= 4 is 28.7 Å². The van der Waals surface area contributed by atoms with Crippen LogP contribution in [0.4, 0.5) is 5.69 Å². The molecule has 1 aromatic carbocycles. The number of H-pyrrole nitrogens is 1. The summed E-state index contributed by atoms with van der Waals surface area (Å²) in [6.07, 6.45) is 7.94. The number of amides is 1. The number of nitrogens with one attached hydrogen (secondary N) is 2. The lowest BCUT2D eigenvalue weighted by Gasteiger charge is -2.04. The molecule has 0 aliphatic rings. The van der Waals surface area contributed by atoms with Gasteiger partial charge in [0.25, 0.3) is 5.91 Å². The quantitative estimate of drug-likeness (QED) is 0.617. The molecule has 0 unspecified atom stereocenters. The lowest BCUT2D eigenvalue weighted by atomic mass is 10.0. The molecular formula is C19H18N6O. The number of aromatic amines is 1. The Hall–Kier alpha value is -3.74. The van der Waals surface area contributed by atoms with Crippen molar-refractivity contribution in [2.45, 2.75) is 6.92 Å². The molecule has 3 aromatic rings. The van der Waals surface area contributed by atoms with Crippen LogP contribution in [0.15, 0.2) is 66.2 Å². The molecule has 0 bridgehead atoms. The molecule has 2 heterocycles. The smallest absolute Gasteiger partial charge is 0.276 e. The number of hydrogen-bond acceptors (Lipinski definition) is 5. The van der Waals surface area contributed by atoms with E-state index in [1.165, 1.54) is 12.4 Å². The highest BCUT2D eigenvalue weighted by Gasteiger charge is 2.15. The van der Waals surface area contributed by atoms with Gasteiger partial charge in [0.1, 0.15) is 0 Å². The minimum absolute atomic E-state index is 0.305. The van der Waals surface area contributed by atoms with Gasteiger partial charge in [-0.25, -0.2) is 0 Å². The fourth-order valence-corrected chi connectivity index (χ4v) is 2.47. The molecule has 130 valence electrons. The Bertz CT molecular complexity index is 1030. The van der Waals surface area contributed by atoms with Crippen LogP contribution in [0.5, 0.6) is 0 Å². The van der Waals surface area contributed by atoms with Crippen LogP contribution in [0.1, 0.15) is 17.4 Å². The van der Waals surface area contributed by atoms with Gasteiger partial charge in [0.05, 0.1) is 11.2 Å². The first-order valence-electron chi connectivity index (χ1n) is 7.90. The number of aromatic nitrogens is 3. The first-order chi connectivity index (χ1) is 12.6. The second kappa shape index (κ2) is 7.43. The number of fused-ring (bicyclic) bond motifs is 1. The molecule has 2 aromatic heterocycles. The van der Waals surface area contributed by atoms with Crippen LogP contribution in [-0.2, 0) is 0 Å². The zero-order chi connectivity index (χ0) is 18.5. The van der Waals surface area contributed by atoms with E-state index < -0.39 is 0 Å². The van der Waals surface area contributed by atoms with Gasteiger partial charge in [-0.1, -0.05) is 18.7 Å². The summed E-state index contributed by atoms with van der Waals surface area (Å²) >= 11 is 0. The SMILES string of the molecule is C=CC=N/C=C(\C)NC(=O)c1n[nH]c2ccc(-c3cncc(N)c3)cc12. The van der Waals surface area contributed by atoms with E-state index in [9.17, 15) is 4.79 Å². The number of anilines is 1. The topological polar surface area (TPSA) is 109 Å². The molecule has 0 radical (unpaired) electrons. The molecule has 7 nitrogen and oxygen atoms in total. The molecule has 7 heteroatoms. The lowest BCUT2D eigenvalue weighted by molar-refractivity contribution is 0.0962. The molecule has 0 fully saturated rings. The molecule has 3 rings (SSSR count). The Labute approximate surface area is 150 Å². The summed E-state index contributed by atoms with van der Waals surface area (Å²) in [5, 5.41) is 10.5. The lowest BCUT2D eigenvalue weighted by Crippen LogP contribution is -2.21. The highest BCUT2D eigenvalue weighted by Crippen LogP contribution is 2.26. The van der Waals surface area contributed by atoms with Gasteiger partial charge >= 0.3 is 0 Å². The molecule has 0 saturated heterocycles. The van der Waals surface area contributed by atoms with Crippen LogP contribution in [0.2, 0.25) is 0 Å². The summed E-state index contributed by atoms with van der Waals surface area (Å²) in [6.45, 7) is 5.29. The van der Waals surface area contributed by atoms with Crippen LogP contribution < -0.4 is 11.1 Å². The summed E-state index contributed by atoms with van der Waals surface area (Å²) in [6, 6.07) is 7.51. The van der Waals surface area contributed by atoms with Crippen molar-refractivity contribution in [3.63, 3.8) is 0 Å². The second-order valence-electron chi connectivity index (χ2n) is 5.64. The maximum absolute atomic E-state index is 12.5. The van der Waals surface area contributed by atoms with Crippen LogP contribution in [-0.4, -0.2) is 27.3 Å². The van der Waals surface area contributed by atoms with Crippen molar-refractivity contribution in [1.29, 1.82) is 0 Å². The average Bonchev–Trinajstić information content (AvgIpc) is 3.05. The summed E-state index contributed by atoms with van der Waals surface area (Å²) in [7, 11) is 0. The minimum atomic E-state index is -0.318. The van der Waals surface area contributed by atoms with Crippen LogP contribution >= 0.6 is 0 Å². The zero-order valence-corrected chi connectivity index (χ0v) is 14.2. The van der Waals surface area contributed by atoms with Gasteiger partial charge in [-0.3, -0.25) is 19.9 Å². The number of allylic oxidation sites excluding steroid dienone is 2. The number of nitrogen functional groups attached to an aromatic ring is 1. The van der Waals surface area contributed by atoms with E-state index in [2.05, 4.69) is 32.1 Å². The van der Waals surface area contributed by atoms with Crippen molar-refractivity contribution in [2.75, 3.05) is 5.73 Å². The van der Waals surface area contributed by atoms with Gasteiger partial charge in [-0.15, -0.1) is 0 Å². The summed E-state index contributed by atoms with van der Waals surface area (Å²) < 4.78 is 0. The van der Waals surface area contributed by atoms with Gasteiger partial charge in [0, 0.05) is 41.5 Å². The van der Waals surface area contributed by atoms with Gasteiger partial charge in [-0.2, -0.15) is 5.10 Å². The molecule has 26 heavy (non-hydrogen) atoms. The third-order valence-electron chi connectivity index (χ3n) is 3.64. The zero-order valence-electron chi connectivity index (χ0n) is 14.2. The maximum atomic E-state index is 12.5. The van der Waals surface area contributed by atoms with E-state index in [-0.39, 0.29) is 5.91 Å². The normalized spacial score (nSPS) is 11.8.